The lowest BCUT2D eigenvalue weighted by Gasteiger charge is -2.11. The third kappa shape index (κ3) is 5.79. The number of urea groups is 1. The zero-order chi connectivity index (χ0) is 19.3. The normalized spacial score (nSPS) is 11.3. The Morgan fingerprint density at radius 2 is 1.62 bits per heavy atom. The summed E-state index contributed by atoms with van der Waals surface area (Å²) in [5.74, 6) is 0.334. The molecule has 3 N–H and O–H groups in total. The predicted octanol–water partition coefficient (Wildman–Crippen LogP) is 4.57. The molecule has 0 saturated heterocycles. The first kappa shape index (κ1) is 20.4. The van der Waals surface area contributed by atoms with Crippen molar-refractivity contribution in [3.63, 3.8) is 0 Å². The van der Waals surface area contributed by atoms with E-state index in [0.29, 0.717) is 28.9 Å². The maximum atomic E-state index is 12.4. The molecule has 26 heavy (non-hydrogen) atoms. The molecular formula is C17H19Cl2N3O3S. The lowest BCUT2D eigenvalue weighted by atomic mass is 10.2. The first-order valence-corrected chi connectivity index (χ1v) is 10.0. The largest absolute Gasteiger partial charge is 0.338 e. The van der Waals surface area contributed by atoms with Gasteiger partial charge in [0.2, 0.25) is 0 Å². The third-order valence-electron chi connectivity index (χ3n) is 3.27. The Labute approximate surface area is 162 Å². The van der Waals surface area contributed by atoms with Crippen molar-refractivity contribution in [2.45, 2.75) is 18.7 Å². The summed E-state index contributed by atoms with van der Waals surface area (Å²) >= 11 is 11.7. The Hall–Kier alpha value is -1.96. The minimum absolute atomic E-state index is 0.0525. The first-order valence-electron chi connectivity index (χ1n) is 7.80. The van der Waals surface area contributed by atoms with Crippen molar-refractivity contribution < 1.29 is 13.2 Å². The van der Waals surface area contributed by atoms with E-state index in [1.54, 1.807) is 0 Å². The van der Waals surface area contributed by atoms with Crippen molar-refractivity contribution in [3.8, 4) is 0 Å². The maximum absolute atomic E-state index is 12.4. The van der Waals surface area contributed by atoms with Crippen molar-refractivity contribution in [3.05, 3.63) is 52.5 Å². The maximum Gasteiger partial charge on any atom is 0.319 e. The number of amides is 2. The molecule has 0 aliphatic carbocycles. The second-order valence-electron chi connectivity index (χ2n) is 5.99. The van der Waals surface area contributed by atoms with Gasteiger partial charge in [0.05, 0.1) is 20.6 Å². The molecule has 2 amide bonds. The Balaban J connectivity index is 2.06. The fourth-order valence-electron chi connectivity index (χ4n) is 1.96. The molecule has 2 rings (SSSR count). The number of anilines is 2. The van der Waals surface area contributed by atoms with Gasteiger partial charge in [-0.2, -0.15) is 0 Å². The van der Waals surface area contributed by atoms with E-state index < -0.39 is 10.0 Å². The van der Waals surface area contributed by atoms with Crippen LogP contribution in [0.2, 0.25) is 10.0 Å². The van der Waals surface area contributed by atoms with E-state index in [-0.39, 0.29) is 15.9 Å². The van der Waals surface area contributed by atoms with E-state index in [9.17, 15) is 13.2 Å². The highest BCUT2D eigenvalue weighted by molar-refractivity contribution is 7.92. The number of hydrogen-bond acceptors (Lipinski definition) is 3. The number of carbonyl (C=O) groups excluding carboxylic acids is 1. The van der Waals surface area contributed by atoms with Crippen LogP contribution in [0, 0.1) is 5.92 Å². The molecule has 140 valence electrons. The van der Waals surface area contributed by atoms with Crippen LogP contribution in [-0.4, -0.2) is 21.0 Å². The van der Waals surface area contributed by atoms with Gasteiger partial charge in [-0.3, -0.25) is 4.72 Å². The SMILES string of the molecule is CC(C)CNC(=O)Nc1ccc(S(=O)(=O)Nc2ccc(Cl)c(Cl)c2)cc1. The summed E-state index contributed by atoms with van der Waals surface area (Å²) in [6.45, 7) is 4.52. The minimum atomic E-state index is -3.79. The second-order valence-corrected chi connectivity index (χ2v) is 8.48. The molecule has 0 aliphatic heterocycles. The third-order valence-corrected chi connectivity index (χ3v) is 5.40. The van der Waals surface area contributed by atoms with Gasteiger partial charge >= 0.3 is 6.03 Å². The molecule has 0 radical (unpaired) electrons. The molecule has 6 nitrogen and oxygen atoms in total. The minimum Gasteiger partial charge on any atom is -0.338 e. The van der Waals surface area contributed by atoms with Gasteiger partial charge in [0.15, 0.2) is 0 Å². The molecule has 2 aromatic rings. The Kier molecular flexibility index (Phi) is 6.75. The zero-order valence-electron chi connectivity index (χ0n) is 14.2. The van der Waals surface area contributed by atoms with Gasteiger partial charge in [-0.1, -0.05) is 37.0 Å². The van der Waals surface area contributed by atoms with Crippen LogP contribution in [0.3, 0.4) is 0 Å². The molecule has 2 aromatic carbocycles. The van der Waals surface area contributed by atoms with E-state index in [4.69, 9.17) is 23.2 Å². The molecule has 0 aliphatic rings. The number of hydrogen-bond donors (Lipinski definition) is 3. The van der Waals surface area contributed by atoms with E-state index in [1.807, 2.05) is 13.8 Å². The van der Waals surface area contributed by atoms with Gasteiger partial charge in [-0.15, -0.1) is 0 Å². The summed E-state index contributed by atoms with van der Waals surface area (Å²) < 4.78 is 27.3. The van der Waals surface area contributed by atoms with E-state index in [0.717, 1.165) is 0 Å². The monoisotopic (exact) mass is 415 g/mol. The molecule has 0 saturated carbocycles. The molecule has 9 heteroatoms. The van der Waals surface area contributed by atoms with Crippen molar-refractivity contribution in [2.75, 3.05) is 16.6 Å². The molecule has 0 fully saturated rings. The van der Waals surface area contributed by atoms with Crippen LogP contribution in [0.4, 0.5) is 16.2 Å². The van der Waals surface area contributed by atoms with Crippen molar-refractivity contribution >= 4 is 50.6 Å². The molecular weight excluding hydrogens is 397 g/mol. The number of halogens is 2. The number of nitrogens with one attached hydrogen (secondary N) is 3. The van der Waals surface area contributed by atoms with E-state index in [2.05, 4.69) is 15.4 Å². The van der Waals surface area contributed by atoms with Gasteiger partial charge < -0.3 is 10.6 Å². The summed E-state index contributed by atoms with van der Waals surface area (Å²) in [4.78, 5) is 11.8. The van der Waals surface area contributed by atoms with Crippen LogP contribution in [0.25, 0.3) is 0 Å². The van der Waals surface area contributed by atoms with Crippen molar-refractivity contribution in [2.24, 2.45) is 5.92 Å². The van der Waals surface area contributed by atoms with Crippen LogP contribution < -0.4 is 15.4 Å². The van der Waals surface area contributed by atoms with Crippen LogP contribution in [0.5, 0.6) is 0 Å². The molecule has 0 aromatic heterocycles. The molecule has 0 unspecified atom stereocenters. The number of sulfonamides is 1. The summed E-state index contributed by atoms with van der Waals surface area (Å²) in [5, 5.41) is 5.94. The van der Waals surface area contributed by atoms with Gasteiger partial charge in [0.1, 0.15) is 0 Å². The van der Waals surface area contributed by atoms with Crippen LogP contribution in [-0.2, 0) is 10.0 Å². The fraction of sp³-hybridized carbons (Fsp3) is 0.235. The number of benzene rings is 2. The summed E-state index contributed by atoms with van der Waals surface area (Å²) in [6, 6.07) is 9.93. The Bertz CT molecular complexity index is 885. The molecule has 0 heterocycles. The number of carbonyl (C=O) groups is 1. The van der Waals surface area contributed by atoms with Gasteiger partial charge in [-0.25, -0.2) is 13.2 Å². The average Bonchev–Trinajstić information content (AvgIpc) is 2.56. The van der Waals surface area contributed by atoms with Crippen LogP contribution in [0.15, 0.2) is 47.4 Å². The van der Waals surface area contributed by atoms with Crippen molar-refractivity contribution in [1.29, 1.82) is 0 Å². The topological polar surface area (TPSA) is 87.3 Å². The van der Waals surface area contributed by atoms with Gasteiger partial charge in [0.25, 0.3) is 10.0 Å². The highest BCUT2D eigenvalue weighted by Crippen LogP contribution is 2.26. The Morgan fingerprint density at radius 3 is 2.19 bits per heavy atom. The van der Waals surface area contributed by atoms with Crippen molar-refractivity contribution in [1.82, 2.24) is 5.32 Å². The zero-order valence-corrected chi connectivity index (χ0v) is 16.5. The van der Waals surface area contributed by atoms with Crippen LogP contribution in [0.1, 0.15) is 13.8 Å². The van der Waals surface area contributed by atoms with Crippen LogP contribution >= 0.6 is 23.2 Å². The first-order chi connectivity index (χ1) is 12.2. The number of rotatable bonds is 6. The molecule has 0 atom stereocenters. The van der Waals surface area contributed by atoms with Gasteiger partial charge in [-0.05, 0) is 48.4 Å². The summed E-state index contributed by atoms with van der Waals surface area (Å²) in [7, 11) is -3.79. The van der Waals surface area contributed by atoms with E-state index in [1.165, 1.54) is 42.5 Å². The Morgan fingerprint density at radius 1 is 1.00 bits per heavy atom. The average molecular weight is 416 g/mol. The fourth-order valence-corrected chi connectivity index (χ4v) is 3.31. The second kappa shape index (κ2) is 8.62. The summed E-state index contributed by atoms with van der Waals surface area (Å²) in [6.07, 6.45) is 0. The van der Waals surface area contributed by atoms with E-state index >= 15 is 0 Å². The smallest absolute Gasteiger partial charge is 0.319 e. The predicted molar refractivity (Wildman–Crippen MR) is 106 cm³/mol. The molecule has 0 spiro atoms. The lowest BCUT2D eigenvalue weighted by molar-refractivity contribution is 0.251. The highest BCUT2D eigenvalue weighted by Gasteiger charge is 2.15. The standard InChI is InChI=1S/C17H19Cl2N3O3S/c1-11(2)10-20-17(23)21-12-3-6-14(7-4-12)26(24,25)22-13-5-8-15(18)16(19)9-13/h3-9,11,22H,10H2,1-2H3,(H2,20,21,23). The lowest BCUT2D eigenvalue weighted by Crippen LogP contribution is -2.31. The quantitative estimate of drug-likeness (QED) is 0.645. The highest BCUT2D eigenvalue weighted by atomic mass is 35.5. The van der Waals surface area contributed by atoms with Gasteiger partial charge in [0, 0.05) is 12.2 Å². The molecule has 0 bridgehead atoms. The summed E-state index contributed by atoms with van der Waals surface area (Å²) in [5.41, 5.74) is 0.786.